The number of imidazole rings is 1. The van der Waals surface area contributed by atoms with E-state index in [9.17, 15) is 9.90 Å². The van der Waals surface area contributed by atoms with Crippen LogP contribution in [0, 0.1) is 11.8 Å². The van der Waals surface area contributed by atoms with Crippen LogP contribution in [0.1, 0.15) is 23.2 Å². The average molecular weight is 328 g/mol. The van der Waals surface area contributed by atoms with Gasteiger partial charge in [0, 0.05) is 24.7 Å². The van der Waals surface area contributed by atoms with E-state index in [-0.39, 0.29) is 18.1 Å². The van der Waals surface area contributed by atoms with Crippen molar-refractivity contribution in [3.05, 3.63) is 30.1 Å². The molecule has 6 heteroatoms. The van der Waals surface area contributed by atoms with Crippen molar-refractivity contribution in [1.29, 1.82) is 0 Å². The van der Waals surface area contributed by atoms with Crippen LogP contribution in [0.15, 0.2) is 24.5 Å². The Morgan fingerprint density at radius 1 is 1.29 bits per heavy atom. The number of hydrogen-bond acceptors (Lipinski definition) is 4. The number of aliphatic hydroxyl groups excluding tert-OH is 1. The predicted molar refractivity (Wildman–Crippen MR) is 91.7 cm³/mol. The molecular weight excluding hydrogens is 304 g/mol. The van der Waals surface area contributed by atoms with Crippen molar-refractivity contribution in [3.63, 3.8) is 0 Å². The molecule has 4 atom stereocenters. The molecule has 4 rings (SSSR count). The van der Waals surface area contributed by atoms with Gasteiger partial charge in [-0.1, -0.05) is 0 Å². The van der Waals surface area contributed by atoms with Crippen molar-refractivity contribution in [2.45, 2.75) is 25.0 Å². The van der Waals surface area contributed by atoms with Gasteiger partial charge < -0.3 is 19.9 Å². The summed E-state index contributed by atoms with van der Waals surface area (Å²) in [6, 6.07) is 5.81. The Balaban J connectivity index is 1.51. The lowest BCUT2D eigenvalue weighted by atomic mass is 9.77. The van der Waals surface area contributed by atoms with E-state index in [1.54, 1.807) is 6.33 Å². The number of fused-ring (bicyclic) bond motifs is 2. The van der Waals surface area contributed by atoms with Gasteiger partial charge >= 0.3 is 0 Å². The van der Waals surface area contributed by atoms with Gasteiger partial charge in [0.25, 0.3) is 5.91 Å². The third-order valence-corrected chi connectivity index (χ3v) is 5.73. The van der Waals surface area contributed by atoms with E-state index in [1.807, 2.05) is 37.2 Å². The second kappa shape index (κ2) is 5.86. The molecule has 1 amide bonds. The van der Waals surface area contributed by atoms with Crippen LogP contribution in [-0.2, 0) is 0 Å². The topological polar surface area (TPSA) is 72.5 Å². The molecule has 1 aliphatic carbocycles. The molecule has 0 radical (unpaired) electrons. The van der Waals surface area contributed by atoms with Crippen LogP contribution >= 0.6 is 0 Å². The average Bonchev–Trinajstić information content (AvgIpc) is 3.18. The zero-order valence-electron chi connectivity index (χ0n) is 14.1. The summed E-state index contributed by atoms with van der Waals surface area (Å²) in [5, 5.41) is 10.4. The fourth-order valence-corrected chi connectivity index (χ4v) is 4.38. The number of benzene rings is 1. The van der Waals surface area contributed by atoms with Crippen molar-refractivity contribution in [3.8, 4) is 0 Å². The third kappa shape index (κ3) is 2.59. The van der Waals surface area contributed by atoms with Crippen molar-refractivity contribution < 1.29 is 9.90 Å². The molecule has 2 fully saturated rings. The summed E-state index contributed by atoms with van der Waals surface area (Å²) in [7, 11) is 4.04. The number of nitrogens with one attached hydrogen (secondary N) is 1. The summed E-state index contributed by atoms with van der Waals surface area (Å²) in [5.41, 5.74) is 2.47. The normalized spacial score (nSPS) is 30.1. The minimum absolute atomic E-state index is 0.0804. The number of hydrogen-bond donors (Lipinski definition) is 2. The zero-order chi connectivity index (χ0) is 16.8. The molecule has 128 valence electrons. The first-order valence-corrected chi connectivity index (χ1v) is 8.60. The highest BCUT2D eigenvalue weighted by atomic mass is 16.3. The van der Waals surface area contributed by atoms with Crippen LogP contribution in [0.2, 0.25) is 0 Å². The maximum Gasteiger partial charge on any atom is 0.253 e. The number of aromatic amines is 1. The number of likely N-dealkylation sites (tertiary alicyclic amines) is 1. The molecule has 1 aromatic carbocycles. The highest BCUT2D eigenvalue weighted by molar-refractivity contribution is 5.97. The van der Waals surface area contributed by atoms with E-state index < -0.39 is 0 Å². The first-order valence-electron chi connectivity index (χ1n) is 8.60. The van der Waals surface area contributed by atoms with Crippen LogP contribution in [0.4, 0.5) is 0 Å². The van der Waals surface area contributed by atoms with Gasteiger partial charge in [0.2, 0.25) is 0 Å². The number of carbonyl (C=O) groups excluding carboxylic acids is 1. The third-order valence-electron chi connectivity index (χ3n) is 5.73. The summed E-state index contributed by atoms with van der Waals surface area (Å²) >= 11 is 0. The van der Waals surface area contributed by atoms with Gasteiger partial charge in [-0.2, -0.15) is 0 Å². The maximum absolute atomic E-state index is 12.9. The van der Waals surface area contributed by atoms with Crippen LogP contribution in [0.25, 0.3) is 11.0 Å². The van der Waals surface area contributed by atoms with Crippen LogP contribution in [0.5, 0.6) is 0 Å². The standard InChI is InChI=1S/C18H24N4O2/c1-21(2)16-6-12-8-22(9-13(12)7-17(16)23)18(24)11-3-4-14-15(5-11)20-10-19-14/h3-5,10,12-13,16-17,23H,6-9H2,1-2H3,(H,19,20)/t12-,13+,16-,17-/m1/s1. The Morgan fingerprint density at radius 3 is 2.79 bits per heavy atom. The number of amides is 1. The van der Waals surface area contributed by atoms with Crippen molar-refractivity contribution in [2.75, 3.05) is 27.2 Å². The van der Waals surface area contributed by atoms with E-state index in [4.69, 9.17) is 0 Å². The van der Waals surface area contributed by atoms with Crippen molar-refractivity contribution in [2.24, 2.45) is 11.8 Å². The molecule has 2 aliphatic rings. The van der Waals surface area contributed by atoms with Crippen LogP contribution in [-0.4, -0.2) is 70.1 Å². The molecule has 6 nitrogen and oxygen atoms in total. The minimum Gasteiger partial charge on any atom is -0.391 e. The van der Waals surface area contributed by atoms with Crippen molar-refractivity contribution >= 4 is 16.9 Å². The molecule has 24 heavy (non-hydrogen) atoms. The Kier molecular flexibility index (Phi) is 3.81. The number of likely N-dealkylation sites (N-methyl/N-ethyl adjacent to an activating group) is 1. The Labute approximate surface area is 141 Å². The minimum atomic E-state index is -0.294. The molecule has 2 aromatic rings. The number of aromatic nitrogens is 2. The number of H-pyrrole nitrogens is 1. The largest absolute Gasteiger partial charge is 0.391 e. The summed E-state index contributed by atoms with van der Waals surface area (Å²) in [5.74, 6) is 0.980. The number of aliphatic hydroxyl groups is 1. The van der Waals surface area contributed by atoms with E-state index in [1.165, 1.54) is 0 Å². The van der Waals surface area contributed by atoms with E-state index >= 15 is 0 Å². The number of rotatable bonds is 2. The lowest BCUT2D eigenvalue weighted by molar-refractivity contribution is 0.00940. The van der Waals surface area contributed by atoms with Gasteiger partial charge in [0.15, 0.2) is 0 Å². The van der Waals surface area contributed by atoms with Crippen molar-refractivity contribution in [1.82, 2.24) is 19.8 Å². The molecule has 2 N–H and O–H groups in total. The Morgan fingerprint density at radius 2 is 2.04 bits per heavy atom. The quantitative estimate of drug-likeness (QED) is 0.872. The Bertz CT molecular complexity index is 756. The fourth-order valence-electron chi connectivity index (χ4n) is 4.38. The smallest absolute Gasteiger partial charge is 0.253 e. The second-order valence-corrected chi connectivity index (χ2v) is 7.43. The molecule has 0 unspecified atom stereocenters. The van der Waals surface area contributed by atoms with Crippen LogP contribution < -0.4 is 0 Å². The molecule has 0 spiro atoms. The van der Waals surface area contributed by atoms with E-state index in [0.29, 0.717) is 17.4 Å². The molecule has 1 saturated heterocycles. The molecule has 1 aliphatic heterocycles. The van der Waals surface area contributed by atoms with Gasteiger partial charge in [0.05, 0.1) is 23.5 Å². The summed E-state index contributed by atoms with van der Waals surface area (Å²) < 4.78 is 0. The number of nitrogens with zero attached hydrogens (tertiary/aromatic N) is 3. The van der Waals surface area contributed by atoms with Crippen LogP contribution in [0.3, 0.4) is 0 Å². The highest BCUT2D eigenvalue weighted by Gasteiger charge is 2.43. The lowest BCUT2D eigenvalue weighted by Crippen LogP contribution is -2.46. The first-order chi connectivity index (χ1) is 11.5. The SMILES string of the molecule is CN(C)[C@@H]1C[C@@H]2CN(C(=O)c3ccc4nc[nH]c4c3)C[C@@H]2C[C@H]1O. The molecule has 0 bridgehead atoms. The predicted octanol–water partition coefficient (Wildman–Crippen LogP) is 1.34. The number of carbonyl (C=O) groups is 1. The van der Waals surface area contributed by atoms with Gasteiger partial charge in [-0.05, 0) is 57.0 Å². The highest BCUT2D eigenvalue weighted by Crippen LogP contribution is 2.38. The maximum atomic E-state index is 12.9. The fraction of sp³-hybridized carbons (Fsp3) is 0.556. The summed E-state index contributed by atoms with van der Waals surface area (Å²) in [4.78, 5) is 24.2. The molecular formula is C18H24N4O2. The molecule has 1 saturated carbocycles. The first kappa shape index (κ1) is 15.6. The van der Waals surface area contributed by atoms with Gasteiger partial charge in [-0.15, -0.1) is 0 Å². The monoisotopic (exact) mass is 328 g/mol. The Hall–Kier alpha value is -1.92. The summed E-state index contributed by atoms with van der Waals surface area (Å²) in [6.45, 7) is 1.54. The molecule has 1 aromatic heterocycles. The zero-order valence-corrected chi connectivity index (χ0v) is 14.1. The van der Waals surface area contributed by atoms with Gasteiger partial charge in [-0.3, -0.25) is 4.79 Å². The summed E-state index contributed by atoms with van der Waals surface area (Å²) in [6.07, 6.45) is 3.10. The van der Waals surface area contributed by atoms with Gasteiger partial charge in [0.1, 0.15) is 0 Å². The van der Waals surface area contributed by atoms with E-state index in [0.717, 1.165) is 37.0 Å². The lowest BCUT2D eigenvalue weighted by Gasteiger charge is -2.38. The van der Waals surface area contributed by atoms with Gasteiger partial charge in [-0.25, -0.2) is 4.98 Å². The molecule has 2 heterocycles. The second-order valence-electron chi connectivity index (χ2n) is 7.43. The van der Waals surface area contributed by atoms with E-state index in [2.05, 4.69) is 14.9 Å².